The highest BCUT2D eigenvalue weighted by atomic mass is 16.7. The third kappa shape index (κ3) is 4.74. The van der Waals surface area contributed by atoms with Crippen LogP contribution < -0.4 is 4.74 Å². The zero-order valence-corrected chi connectivity index (χ0v) is 11.3. The molecule has 0 aliphatic heterocycles. The Labute approximate surface area is 116 Å². The minimum atomic E-state index is -0.714. The molecule has 1 aromatic rings. The third-order valence-electron chi connectivity index (χ3n) is 2.19. The standard InChI is InChI=1S/C14H16O6/c1-4-13(16)20-12-7-10(6-11(15)8-12)14(17)19-9(3)18-5-2/h4,6-9,15H,1,5H2,2-3H3. The number of rotatable bonds is 6. The molecule has 0 amide bonds. The highest BCUT2D eigenvalue weighted by molar-refractivity contribution is 5.91. The molecule has 1 atom stereocenters. The van der Waals surface area contributed by atoms with Crippen LogP contribution in [0.3, 0.4) is 0 Å². The van der Waals surface area contributed by atoms with Gasteiger partial charge in [0.2, 0.25) is 0 Å². The lowest BCUT2D eigenvalue weighted by molar-refractivity contribution is -0.129. The fourth-order valence-corrected chi connectivity index (χ4v) is 1.41. The second kappa shape index (κ2) is 7.30. The zero-order chi connectivity index (χ0) is 15.1. The normalized spacial score (nSPS) is 11.5. The minimum absolute atomic E-state index is 0.0194. The van der Waals surface area contributed by atoms with Crippen LogP contribution in [0.1, 0.15) is 24.2 Å². The Bertz CT molecular complexity index is 508. The van der Waals surface area contributed by atoms with E-state index in [9.17, 15) is 14.7 Å². The summed E-state index contributed by atoms with van der Waals surface area (Å²) in [6.45, 7) is 6.99. The molecule has 0 spiro atoms. The molecule has 1 aromatic carbocycles. The molecule has 6 heteroatoms. The molecule has 0 radical (unpaired) electrons. The van der Waals surface area contributed by atoms with Gasteiger partial charge in [-0.25, -0.2) is 9.59 Å². The lowest BCUT2D eigenvalue weighted by Gasteiger charge is -2.13. The summed E-state index contributed by atoms with van der Waals surface area (Å²) in [6.07, 6.45) is 0.258. The van der Waals surface area contributed by atoms with Crippen molar-refractivity contribution in [2.45, 2.75) is 20.1 Å². The average Bonchev–Trinajstić information content (AvgIpc) is 2.38. The van der Waals surface area contributed by atoms with Crippen LogP contribution in [0, 0.1) is 0 Å². The average molecular weight is 280 g/mol. The molecule has 0 saturated carbocycles. The molecule has 0 saturated heterocycles. The first-order valence-corrected chi connectivity index (χ1v) is 5.97. The van der Waals surface area contributed by atoms with Crippen molar-refractivity contribution in [1.29, 1.82) is 0 Å². The second-order valence-corrected chi connectivity index (χ2v) is 3.77. The van der Waals surface area contributed by atoms with Crippen LogP contribution in [0.5, 0.6) is 11.5 Å². The molecule has 0 aliphatic carbocycles. The highest BCUT2D eigenvalue weighted by Gasteiger charge is 2.15. The lowest BCUT2D eigenvalue weighted by atomic mass is 10.2. The van der Waals surface area contributed by atoms with E-state index in [1.165, 1.54) is 18.2 Å². The van der Waals surface area contributed by atoms with Gasteiger partial charge >= 0.3 is 11.9 Å². The summed E-state index contributed by atoms with van der Waals surface area (Å²) in [6, 6.07) is 3.68. The number of phenolic OH excluding ortho intramolecular Hbond substituents is 1. The highest BCUT2D eigenvalue weighted by Crippen LogP contribution is 2.23. The Kier molecular flexibility index (Phi) is 5.74. The van der Waals surface area contributed by atoms with Gasteiger partial charge in [-0.15, -0.1) is 0 Å². The van der Waals surface area contributed by atoms with Gasteiger partial charge in [-0.3, -0.25) is 0 Å². The van der Waals surface area contributed by atoms with Crippen molar-refractivity contribution in [3.8, 4) is 11.5 Å². The molecule has 20 heavy (non-hydrogen) atoms. The smallest absolute Gasteiger partial charge is 0.340 e. The summed E-state index contributed by atoms with van der Waals surface area (Å²) in [5, 5.41) is 9.51. The van der Waals surface area contributed by atoms with E-state index in [1.807, 2.05) is 0 Å². The van der Waals surface area contributed by atoms with Crippen molar-refractivity contribution in [1.82, 2.24) is 0 Å². The molecule has 0 fully saturated rings. The molecule has 1 N–H and O–H groups in total. The maximum Gasteiger partial charge on any atom is 0.340 e. The van der Waals surface area contributed by atoms with E-state index in [2.05, 4.69) is 6.58 Å². The number of phenols is 1. The van der Waals surface area contributed by atoms with Gasteiger partial charge < -0.3 is 19.3 Å². The Morgan fingerprint density at radius 3 is 2.70 bits per heavy atom. The van der Waals surface area contributed by atoms with Crippen LogP contribution in [-0.2, 0) is 14.3 Å². The van der Waals surface area contributed by atoms with Crippen molar-refractivity contribution in [3.05, 3.63) is 36.4 Å². The predicted molar refractivity (Wildman–Crippen MR) is 70.4 cm³/mol. The van der Waals surface area contributed by atoms with E-state index in [4.69, 9.17) is 14.2 Å². The molecule has 0 aromatic heterocycles. The molecule has 0 bridgehead atoms. The van der Waals surface area contributed by atoms with Crippen LogP contribution >= 0.6 is 0 Å². The summed E-state index contributed by atoms with van der Waals surface area (Å²) < 4.78 is 14.9. The summed E-state index contributed by atoms with van der Waals surface area (Å²) in [7, 11) is 0. The van der Waals surface area contributed by atoms with E-state index in [-0.39, 0.29) is 17.1 Å². The molecule has 0 aliphatic rings. The summed E-state index contributed by atoms with van der Waals surface area (Å²) in [5.74, 6) is -1.60. The Morgan fingerprint density at radius 2 is 2.10 bits per heavy atom. The molecule has 1 unspecified atom stereocenters. The summed E-state index contributed by atoms with van der Waals surface area (Å²) in [4.78, 5) is 22.9. The van der Waals surface area contributed by atoms with Crippen LogP contribution in [0.25, 0.3) is 0 Å². The van der Waals surface area contributed by atoms with Crippen molar-refractivity contribution >= 4 is 11.9 Å². The predicted octanol–water partition coefficient (Wildman–Crippen LogP) is 2.02. The van der Waals surface area contributed by atoms with Crippen LogP contribution in [0.4, 0.5) is 0 Å². The Morgan fingerprint density at radius 1 is 1.40 bits per heavy atom. The van der Waals surface area contributed by atoms with Crippen molar-refractivity contribution in [3.63, 3.8) is 0 Å². The molecule has 108 valence electrons. The van der Waals surface area contributed by atoms with Gasteiger partial charge in [0.25, 0.3) is 0 Å². The van der Waals surface area contributed by atoms with Gasteiger partial charge in [0.15, 0.2) is 6.29 Å². The molecular weight excluding hydrogens is 264 g/mol. The minimum Gasteiger partial charge on any atom is -0.508 e. The van der Waals surface area contributed by atoms with Crippen LogP contribution in [0.2, 0.25) is 0 Å². The van der Waals surface area contributed by atoms with Gasteiger partial charge in [-0.2, -0.15) is 0 Å². The third-order valence-corrected chi connectivity index (χ3v) is 2.19. The monoisotopic (exact) mass is 280 g/mol. The maximum atomic E-state index is 11.8. The number of carbonyl (C=O) groups excluding carboxylic acids is 2. The lowest BCUT2D eigenvalue weighted by Crippen LogP contribution is -2.18. The van der Waals surface area contributed by atoms with Crippen molar-refractivity contribution < 1.29 is 28.9 Å². The molecular formula is C14H16O6. The van der Waals surface area contributed by atoms with E-state index in [1.54, 1.807) is 13.8 Å². The maximum absolute atomic E-state index is 11.8. The molecule has 0 heterocycles. The van der Waals surface area contributed by atoms with Gasteiger partial charge in [0.1, 0.15) is 11.5 Å². The van der Waals surface area contributed by atoms with Gasteiger partial charge in [-0.1, -0.05) is 6.58 Å². The van der Waals surface area contributed by atoms with Gasteiger partial charge in [0.05, 0.1) is 5.56 Å². The summed E-state index contributed by atoms with van der Waals surface area (Å²) in [5.41, 5.74) is 0.0448. The second-order valence-electron chi connectivity index (χ2n) is 3.77. The number of hydrogen-bond acceptors (Lipinski definition) is 6. The first-order chi connectivity index (χ1) is 9.46. The SMILES string of the molecule is C=CC(=O)Oc1cc(O)cc(C(=O)OC(C)OCC)c1. The number of benzene rings is 1. The number of hydrogen-bond donors (Lipinski definition) is 1. The van der Waals surface area contributed by atoms with Gasteiger partial charge in [0, 0.05) is 18.7 Å². The van der Waals surface area contributed by atoms with E-state index in [0.717, 1.165) is 6.08 Å². The Balaban J connectivity index is 2.86. The van der Waals surface area contributed by atoms with E-state index >= 15 is 0 Å². The van der Waals surface area contributed by atoms with Crippen LogP contribution in [0.15, 0.2) is 30.9 Å². The fourth-order valence-electron chi connectivity index (χ4n) is 1.41. The first kappa shape index (κ1) is 15.7. The van der Waals surface area contributed by atoms with E-state index in [0.29, 0.717) is 6.61 Å². The number of ether oxygens (including phenoxy) is 3. The van der Waals surface area contributed by atoms with Crippen molar-refractivity contribution in [2.24, 2.45) is 0 Å². The molecule has 6 nitrogen and oxygen atoms in total. The fraction of sp³-hybridized carbons (Fsp3) is 0.286. The number of carbonyl (C=O) groups is 2. The summed E-state index contributed by atoms with van der Waals surface area (Å²) >= 11 is 0. The van der Waals surface area contributed by atoms with Gasteiger partial charge in [-0.05, 0) is 26.0 Å². The topological polar surface area (TPSA) is 82.1 Å². The number of esters is 2. The first-order valence-electron chi connectivity index (χ1n) is 5.97. The molecule has 1 rings (SSSR count). The van der Waals surface area contributed by atoms with E-state index < -0.39 is 18.2 Å². The van der Waals surface area contributed by atoms with Crippen molar-refractivity contribution in [2.75, 3.05) is 6.61 Å². The Hall–Kier alpha value is -2.34. The quantitative estimate of drug-likeness (QED) is 0.371. The zero-order valence-electron chi connectivity index (χ0n) is 11.3. The largest absolute Gasteiger partial charge is 0.508 e. The van der Waals surface area contributed by atoms with Crippen LogP contribution in [-0.4, -0.2) is 29.9 Å². The number of aromatic hydroxyl groups is 1.